The van der Waals surface area contributed by atoms with Crippen LogP contribution in [0, 0.1) is 5.92 Å². The largest absolute Gasteiger partial charge is 0.469 e. The lowest BCUT2D eigenvalue weighted by Crippen LogP contribution is -2.56. The Labute approximate surface area is 141 Å². The molecule has 4 atom stereocenters. The third-order valence-corrected chi connectivity index (χ3v) is 5.13. The van der Waals surface area contributed by atoms with Crippen LogP contribution < -0.4 is 0 Å². The lowest BCUT2D eigenvalue weighted by Gasteiger charge is -2.46. The highest BCUT2D eigenvalue weighted by atomic mass is 16.5. The molecular formula is C19H23NO4. The van der Waals surface area contributed by atoms with Crippen LogP contribution in [0.1, 0.15) is 36.5 Å². The zero-order chi connectivity index (χ0) is 17.3. The highest BCUT2D eigenvalue weighted by Crippen LogP contribution is 2.39. The van der Waals surface area contributed by atoms with Crippen molar-refractivity contribution in [3.63, 3.8) is 0 Å². The maximum absolute atomic E-state index is 13.0. The van der Waals surface area contributed by atoms with Gasteiger partial charge >= 0.3 is 5.97 Å². The molecule has 0 saturated heterocycles. The number of fused-ring (bicyclic) bond motifs is 1. The van der Waals surface area contributed by atoms with Gasteiger partial charge in [0.2, 0.25) is 0 Å². The molecule has 1 aliphatic carbocycles. The molecule has 1 aliphatic heterocycles. The second-order valence-electron chi connectivity index (χ2n) is 6.50. The third kappa shape index (κ3) is 2.84. The average molecular weight is 329 g/mol. The fourth-order valence-corrected chi connectivity index (χ4v) is 3.85. The molecule has 0 bridgehead atoms. The number of rotatable bonds is 2. The number of ether oxygens (including phenoxy) is 1. The van der Waals surface area contributed by atoms with E-state index >= 15 is 0 Å². The van der Waals surface area contributed by atoms with E-state index in [0.29, 0.717) is 12.0 Å². The van der Waals surface area contributed by atoms with Crippen molar-refractivity contribution in [1.29, 1.82) is 0 Å². The molecule has 1 saturated carbocycles. The van der Waals surface area contributed by atoms with E-state index in [9.17, 15) is 14.7 Å². The molecule has 1 fully saturated rings. The van der Waals surface area contributed by atoms with E-state index in [4.69, 9.17) is 4.74 Å². The lowest BCUT2D eigenvalue weighted by atomic mass is 9.76. The molecule has 0 aromatic heterocycles. The summed E-state index contributed by atoms with van der Waals surface area (Å²) in [5, 5.41) is 10.4. The molecule has 1 N–H and O–H groups in total. The summed E-state index contributed by atoms with van der Waals surface area (Å²) in [6, 6.07) is 8.59. The average Bonchev–Trinajstić information content (AvgIpc) is 2.62. The van der Waals surface area contributed by atoms with E-state index < -0.39 is 6.10 Å². The fourth-order valence-electron chi connectivity index (χ4n) is 3.85. The first kappa shape index (κ1) is 16.7. The van der Waals surface area contributed by atoms with Crippen LogP contribution in [0.4, 0.5) is 0 Å². The number of hydrogen-bond acceptors (Lipinski definition) is 4. The number of carbonyl (C=O) groups is 2. The molecule has 2 aliphatic rings. The van der Waals surface area contributed by atoms with Gasteiger partial charge < -0.3 is 14.7 Å². The molecule has 1 aromatic carbocycles. The van der Waals surface area contributed by atoms with Crippen LogP contribution in [0.5, 0.6) is 0 Å². The number of esters is 1. The number of aliphatic hydroxyl groups is 1. The maximum atomic E-state index is 13.0. The second kappa shape index (κ2) is 6.77. The molecule has 5 heteroatoms. The summed E-state index contributed by atoms with van der Waals surface area (Å²) in [4.78, 5) is 26.9. The topological polar surface area (TPSA) is 66.8 Å². The normalized spacial score (nSPS) is 29.5. The Morgan fingerprint density at radius 3 is 2.58 bits per heavy atom. The van der Waals surface area contributed by atoms with Gasteiger partial charge in [0.15, 0.2) is 0 Å². The first-order valence-electron chi connectivity index (χ1n) is 8.39. The fraction of sp³-hybridized carbons (Fsp3) is 0.474. The number of carbonyl (C=O) groups excluding carboxylic acids is 2. The minimum Gasteiger partial charge on any atom is -0.469 e. The first-order chi connectivity index (χ1) is 11.5. The molecule has 128 valence electrons. The summed E-state index contributed by atoms with van der Waals surface area (Å²) in [5.74, 6) is -0.773. The second-order valence-corrected chi connectivity index (χ2v) is 6.50. The molecule has 1 amide bonds. The van der Waals surface area contributed by atoms with Gasteiger partial charge in [-0.05, 0) is 43.9 Å². The van der Waals surface area contributed by atoms with Gasteiger partial charge in [0.1, 0.15) is 0 Å². The molecule has 0 unspecified atom stereocenters. The number of benzene rings is 1. The van der Waals surface area contributed by atoms with Crippen molar-refractivity contribution >= 4 is 11.9 Å². The summed E-state index contributed by atoms with van der Waals surface area (Å²) in [7, 11) is 1.38. The molecule has 24 heavy (non-hydrogen) atoms. The van der Waals surface area contributed by atoms with Gasteiger partial charge in [0.05, 0.1) is 31.2 Å². The predicted octanol–water partition coefficient (Wildman–Crippen LogP) is 2.16. The van der Waals surface area contributed by atoms with Crippen molar-refractivity contribution in [2.24, 2.45) is 5.92 Å². The van der Waals surface area contributed by atoms with Crippen LogP contribution >= 0.6 is 0 Å². The van der Waals surface area contributed by atoms with Gasteiger partial charge in [0.25, 0.3) is 5.91 Å². The molecule has 1 aromatic rings. The highest BCUT2D eigenvalue weighted by molar-refractivity contribution is 5.95. The van der Waals surface area contributed by atoms with Gasteiger partial charge in [-0.25, -0.2) is 0 Å². The van der Waals surface area contributed by atoms with Crippen molar-refractivity contribution in [2.45, 2.75) is 44.4 Å². The van der Waals surface area contributed by atoms with Crippen LogP contribution in [0.3, 0.4) is 0 Å². The predicted molar refractivity (Wildman–Crippen MR) is 89.3 cm³/mol. The minimum absolute atomic E-state index is 0.108. The van der Waals surface area contributed by atoms with Gasteiger partial charge in [-0.2, -0.15) is 0 Å². The van der Waals surface area contributed by atoms with Crippen LogP contribution in [0.25, 0.3) is 0 Å². The molecule has 1 heterocycles. The summed E-state index contributed by atoms with van der Waals surface area (Å²) >= 11 is 0. The molecule has 0 spiro atoms. The number of amides is 1. The third-order valence-electron chi connectivity index (χ3n) is 5.13. The monoisotopic (exact) mass is 329 g/mol. The number of hydrogen-bond donors (Lipinski definition) is 1. The van der Waals surface area contributed by atoms with E-state index in [-0.39, 0.29) is 29.9 Å². The van der Waals surface area contributed by atoms with Crippen LogP contribution in [-0.2, 0) is 9.53 Å². The Bertz CT molecular complexity index is 655. The summed E-state index contributed by atoms with van der Waals surface area (Å²) in [5.41, 5.74) is 1.42. The zero-order valence-electron chi connectivity index (χ0n) is 14.0. The van der Waals surface area contributed by atoms with Crippen molar-refractivity contribution < 1.29 is 19.4 Å². The Balaban J connectivity index is 1.97. The number of nitrogens with zero attached hydrogens (tertiary/aromatic N) is 1. The van der Waals surface area contributed by atoms with Gasteiger partial charge in [-0.3, -0.25) is 9.59 Å². The SMILES string of the molecule is COC(=O)[C@H]1CCC[C@@H]2C1=C[C@H](O)[C@H](C)N2C(=O)c1ccccc1. The number of methoxy groups -OCH3 is 1. The van der Waals surface area contributed by atoms with Crippen LogP contribution in [0.2, 0.25) is 0 Å². The standard InChI is InChI=1S/C19H23NO4/c1-12-17(21)11-15-14(19(23)24-2)9-6-10-16(15)20(12)18(22)13-7-4-3-5-8-13/h3-5,7-8,11-12,14,16-17,21H,6,9-10H2,1-2H3/t12-,14-,16+,17-/m0/s1. The molecule has 5 nitrogen and oxygen atoms in total. The van der Waals surface area contributed by atoms with Gasteiger partial charge in [-0.15, -0.1) is 0 Å². The molecule has 3 rings (SSSR count). The van der Waals surface area contributed by atoms with Gasteiger partial charge in [0, 0.05) is 5.56 Å². The maximum Gasteiger partial charge on any atom is 0.312 e. The summed E-state index contributed by atoms with van der Waals surface area (Å²) < 4.78 is 4.92. The van der Waals surface area contributed by atoms with E-state index in [2.05, 4.69) is 0 Å². The van der Waals surface area contributed by atoms with E-state index in [1.807, 2.05) is 25.1 Å². The summed E-state index contributed by atoms with van der Waals surface area (Å²) in [6.07, 6.45) is 3.32. The zero-order valence-corrected chi connectivity index (χ0v) is 14.0. The van der Waals surface area contributed by atoms with Crippen molar-refractivity contribution in [1.82, 2.24) is 4.90 Å². The summed E-state index contributed by atoms with van der Waals surface area (Å²) in [6.45, 7) is 1.85. The Morgan fingerprint density at radius 2 is 1.92 bits per heavy atom. The Kier molecular flexibility index (Phi) is 4.71. The van der Waals surface area contributed by atoms with Crippen molar-refractivity contribution in [3.05, 3.63) is 47.5 Å². The van der Waals surface area contributed by atoms with E-state index in [0.717, 1.165) is 18.4 Å². The van der Waals surface area contributed by atoms with Crippen LogP contribution in [-0.4, -0.2) is 47.2 Å². The highest BCUT2D eigenvalue weighted by Gasteiger charge is 2.44. The smallest absolute Gasteiger partial charge is 0.312 e. The van der Waals surface area contributed by atoms with Crippen molar-refractivity contribution in [2.75, 3.05) is 7.11 Å². The van der Waals surface area contributed by atoms with Crippen molar-refractivity contribution in [3.8, 4) is 0 Å². The Morgan fingerprint density at radius 1 is 1.21 bits per heavy atom. The molecule has 0 radical (unpaired) electrons. The lowest BCUT2D eigenvalue weighted by molar-refractivity contribution is -0.145. The number of aliphatic hydroxyl groups excluding tert-OH is 1. The van der Waals surface area contributed by atoms with Gasteiger partial charge in [-0.1, -0.05) is 24.3 Å². The van der Waals surface area contributed by atoms with E-state index in [1.54, 1.807) is 23.1 Å². The quantitative estimate of drug-likeness (QED) is 0.667. The van der Waals surface area contributed by atoms with E-state index in [1.165, 1.54) is 7.11 Å². The molecular weight excluding hydrogens is 306 g/mol. The minimum atomic E-state index is -0.783. The van der Waals surface area contributed by atoms with Crippen LogP contribution in [0.15, 0.2) is 42.0 Å². The Hall–Kier alpha value is -2.14. The first-order valence-corrected chi connectivity index (χ1v) is 8.39.